The molecule has 0 saturated carbocycles. The second kappa shape index (κ2) is 17.6. The number of benzene rings is 2. The fourth-order valence-electron chi connectivity index (χ4n) is 4.00. The Hall–Kier alpha value is -4.65. The zero-order valence-corrected chi connectivity index (χ0v) is 25.5. The molecule has 0 bridgehead atoms. The third kappa shape index (κ3) is 12.5. The molecular formula is C31H34ClF3N4O6. The molecule has 0 aliphatic heterocycles. The number of aliphatic imine (C=N–C) groups is 1. The topological polar surface area (TPSA) is 140 Å². The normalized spacial score (nSPS) is 12.4. The number of carbonyl (C=O) groups excluding carboxylic acids is 4. The number of ether oxygens (including phenoxy) is 2. The van der Waals surface area contributed by atoms with Crippen molar-refractivity contribution in [1.82, 2.24) is 5.32 Å². The first-order valence-corrected chi connectivity index (χ1v) is 14.0. The maximum atomic E-state index is 13.3. The minimum Gasteiger partial charge on any atom is -0.469 e. The van der Waals surface area contributed by atoms with Crippen LogP contribution in [0.4, 0.5) is 18.9 Å². The van der Waals surface area contributed by atoms with Crippen molar-refractivity contribution in [2.24, 2.45) is 10.7 Å². The van der Waals surface area contributed by atoms with Crippen LogP contribution < -0.4 is 16.0 Å². The van der Waals surface area contributed by atoms with Crippen LogP contribution >= 0.6 is 11.6 Å². The second-order valence-corrected chi connectivity index (χ2v) is 10.1. The lowest BCUT2D eigenvalue weighted by atomic mass is 10.1. The van der Waals surface area contributed by atoms with E-state index in [1.54, 1.807) is 24.3 Å². The second-order valence-electron chi connectivity index (χ2n) is 9.61. The highest BCUT2D eigenvalue weighted by Gasteiger charge is 2.31. The lowest BCUT2D eigenvalue weighted by Gasteiger charge is -2.23. The van der Waals surface area contributed by atoms with Gasteiger partial charge in [-0.2, -0.15) is 13.2 Å². The minimum atomic E-state index is -4.60. The van der Waals surface area contributed by atoms with Crippen molar-refractivity contribution in [2.75, 3.05) is 19.1 Å². The highest BCUT2D eigenvalue weighted by Crippen LogP contribution is 2.31. The lowest BCUT2D eigenvalue weighted by Crippen LogP contribution is -2.38. The predicted molar refractivity (Wildman–Crippen MR) is 164 cm³/mol. The quantitative estimate of drug-likeness (QED) is 0.194. The highest BCUT2D eigenvalue weighted by atomic mass is 35.5. The molecule has 0 radical (unpaired) electrons. The summed E-state index contributed by atoms with van der Waals surface area (Å²) in [6.45, 7) is 3.78. The number of hydrogen-bond acceptors (Lipinski definition) is 8. The first-order chi connectivity index (χ1) is 21.2. The third-order valence-corrected chi connectivity index (χ3v) is 6.56. The number of nitrogens with zero attached hydrogens (tertiary/aromatic N) is 2. The average Bonchev–Trinajstić information content (AvgIpc) is 2.99. The van der Waals surface area contributed by atoms with Gasteiger partial charge in [-0.1, -0.05) is 30.3 Å². The molecule has 2 rings (SSSR count). The summed E-state index contributed by atoms with van der Waals surface area (Å²) in [6.07, 6.45) is -2.11. The van der Waals surface area contributed by atoms with E-state index in [0.717, 1.165) is 29.2 Å². The van der Waals surface area contributed by atoms with Gasteiger partial charge < -0.3 is 20.5 Å². The molecule has 14 heteroatoms. The van der Waals surface area contributed by atoms with Crippen LogP contribution in [0.15, 0.2) is 72.0 Å². The molecule has 1 atom stereocenters. The number of halogens is 4. The Morgan fingerprint density at radius 3 is 2.31 bits per heavy atom. The molecule has 0 saturated heterocycles. The van der Waals surface area contributed by atoms with Gasteiger partial charge in [0.1, 0.15) is 5.82 Å². The molecule has 1 unspecified atom stereocenters. The summed E-state index contributed by atoms with van der Waals surface area (Å²) in [7, 11) is 2.44. The molecule has 0 fully saturated rings. The van der Waals surface area contributed by atoms with Crippen LogP contribution in [0.1, 0.15) is 49.7 Å². The number of amides is 2. The van der Waals surface area contributed by atoms with E-state index in [4.69, 9.17) is 17.3 Å². The number of esters is 2. The maximum absolute atomic E-state index is 13.3. The number of carbonyl (C=O) groups is 4. The SMILES string of the molecule is C=C(/N=C\C=C(/N)c1cccc(Cl)c1)N(C(=O)CCC(=O)NC(CCCC(=O)OC)CC(=O)OC)c1ccc(C(F)(F)F)cc1. The van der Waals surface area contributed by atoms with Crippen LogP contribution in [0.3, 0.4) is 0 Å². The Morgan fingerprint density at radius 2 is 1.71 bits per heavy atom. The molecule has 242 valence electrons. The molecule has 0 heterocycles. The van der Waals surface area contributed by atoms with E-state index < -0.39 is 41.5 Å². The summed E-state index contributed by atoms with van der Waals surface area (Å²) in [4.78, 5) is 54.4. The van der Waals surface area contributed by atoms with Gasteiger partial charge in [-0.25, -0.2) is 4.99 Å². The Bertz CT molecular complexity index is 1430. The highest BCUT2D eigenvalue weighted by molar-refractivity contribution is 6.30. The Kier molecular flexibility index (Phi) is 14.3. The first kappa shape index (κ1) is 36.5. The molecule has 3 N–H and O–H groups in total. The molecular weight excluding hydrogens is 617 g/mol. The summed E-state index contributed by atoms with van der Waals surface area (Å²) in [5.41, 5.74) is 6.08. The Balaban J connectivity index is 2.20. The van der Waals surface area contributed by atoms with Crippen molar-refractivity contribution in [3.05, 3.63) is 83.2 Å². The fraction of sp³-hybridized carbons (Fsp3) is 0.323. The summed E-state index contributed by atoms with van der Waals surface area (Å²) >= 11 is 5.99. The van der Waals surface area contributed by atoms with E-state index in [0.29, 0.717) is 22.7 Å². The van der Waals surface area contributed by atoms with E-state index in [9.17, 15) is 32.3 Å². The molecule has 2 amide bonds. The smallest absolute Gasteiger partial charge is 0.416 e. The van der Waals surface area contributed by atoms with Crippen molar-refractivity contribution < 1.29 is 41.8 Å². The number of nitrogens with two attached hydrogens (primary N) is 1. The summed E-state index contributed by atoms with van der Waals surface area (Å²) in [5, 5.41) is 3.12. The van der Waals surface area contributed by atoms with Crippen molar-refractivity contribution in [3.63, 3.8) is 0 Å². The lowest BCUT2D eigenvalue weighted by molar-refractivity contribution is -0.141. The van der Waals surface area contributed by atoms with Crippen LogP contribution in [0.5, 0.6) is 0 Å². The zero-order valence-electron chi connectivity index (χ0n) is 24.7. The van der Waals surface area contributed by atoms with Gasteiger partial charge in [-0.3, -0.25) is 24.1 Å². The van der Waals surface area contributed by atoms with Crippen molar-refractivity contribution in [2.45, 2.75) is 50.7 Å². The molecule has 0 aromatic heterocycles. The van der Waals surface area contributed by atoms with E-state index in [1.807, 2.05) is 0 Å². The minimum absolute atomic E-state index is 0.0359. The fourth-order valence-corrected chi connectivity index (χ4v) is 4.19. The summed E-state index contributed by atoms with van der Waals surface area (Å²) in [5.74, 6) is -2.44. The molecule has 0 spiro atoms. The van der Waals surface area contributed by atoms with Gasteiger partial charge in [0.25, 0.3) is 0 Å². The van der Waals surface area contributed by atoms with Crippen molar-refractivity contribution in [3.8, 4) is 0 Å². The number of rotatable bonds is 15. The van der Waals surface area contributed by atoms with Crippen LogP contribution in [0, 0.1) is 0 Å². The van der Waals surface area contributed by atoms with Gasteiger partial charge in [-0.05, 0) is 60.9 Å². The molecule has 2 aromatic rings. The van der Waals surface area contributed by atoms with Crippen molar-refractivity contribution >= 4 is 53.0 Å². The van der Waals surface area contributed by atoms with Gasteiger partial charge in [0, 0.05) is 42.2 Å². The average molecular weight is 651 g/mol. The van der Waals surface area contributed by atoms with Crippen LogP contribution in [0.2, 0.25) is 5.02 Å². The number of nitrogens with one attached hydrogen (secondary N) is 1. The molecule has 10 nitrogen and oxygen atoms in total. The largest absolute Gasteiger partial charge is 0.469 e. The number of allylic oxidation sites excluding steroid dienone is 1. The van der Waals surface area contributed by atoms with Gasteiger partial charge in [-0.15, -0.1) is 0 Å². The number of hydrogen-bond donors (Lipinski definition) is 2. The van der Waals surface area contributed by atoms with E-state index in [1.165, 1.54) is 26.5 Å². The number of methoxy groups -OCH3 is 2. The zero-order chi connectivity index (χ0) is 33.6. The van der Waals surface area contributed by atoms with Crippen LogP contribution in [-0.4, -0.2) is 50.2 Å². The molecule has 0 aliphatic rings. The number of alkyl halides is 3. The Labute approximate surface area is 263 Å². The van der Waals surface area contributed by atoms with Gasteiger partial charge in [0.05, 0.1) is 31.9 Å². The number of anilines is 1. The standard InChI is InChI=1S/C31H34ClF3N4O6/c1-20(37-17-16-26(36)21-6-4-7-23(32)18-21)39(25-12-10-22(11-13-25)31(33,34)35)28(41)15-14-27(40)38-24(19-30(43)45-3)8-5-9-29(42)44-2/h4,6-7,10-13,16-18,24H,1,5,8-9,14-15,19,36H2,2-3H3,(H,38,40)/b26-16-,37-17-. The van der Waals surface area contributed by atoms with Gasteiger partial charge in [0.15, 0.2) is 0 Å². The van der Waals surface area contributed by atoms with Crippen LogP contribution in [0.25, 0.3) is 5.70 Å². The van der Waals surface area contributed by atoms with Gasteiger partial charge >= 0.3 is 18.1 Å². The van der Waals surface area contributed by atoms with E-state index >= 15 is 0 Å². The summed E-state index contributed by atoms with van der Waals surface area (Å²) in [6, 6.07) is 9.85. The molecule has 45 heavy (non-hydrogen) atoms. The van der Waals surface area contributed by atoms with E-state index in [2.05, 4.69) is 26.4 Å². The summed E-state index contributed by atoms with van der Waals surface area (Å²) < 4.78 is 48.7. The predicted octanol–water partition coefficient (Wildman–Crippen LogP) is 5.41. The van der Waals surface area contributed by atoms with E-state index in [-0.39, 0.29) is 43.6 Å². The molecule has 0 aliphatic carbocycles. The third-order valence-electron chi connectivity index (χ3n) is 6.33. The molecule has 2 aromatic carbocycles. The van der Waals surface area contributed by atoms with Crippen LogP contribution in [-0.2, 0) is 34.8 Å². The maximum Gasteiger partial charge on any atom is 0.416 e. The Morgan fingerprint density at radius 1 is 1.04 bits per heavy atom. The van der Waals surface area contributed by atoms with Gasteiger partial charge in [0.2, 0.25) is 11.8 Å². The monoisotopic (exact) mass is 650 g/mol. The van der Waals surface area contributed by atoms with Crippen molar-refractivity contribution in [1.29, 1.82) is 0 Å². The first-order valence-electron chi connectivity index (χ1n) is 13.6.